The highest BCUT2D eigenvalue weighted by molar-refractivity contribution is 5.56. The third-order valence-electron chi connectivity index (χ3n) is 5.41. The van der Waals surface area contributed by atoms with Crippen molar-refractivity contribution < 1.29 is 0 Å². The van der Waals surface area contributed by atoms with Crippen LogP contribution in [0.1, 0.15) is 11.1 Å². The van der Waals surface area contributed by atoms with Gasteiger partial charge >= 0.3 is 0 Å². The summed E-state index contributed by atoms with van der Waals surface area (Å²) in [7, 11) is 0. The van der Waals surface area contributed by atoms with Gasteiger partial charge in [-0.1, -0.05) is 12.1 Å². The van der Waals surface area contributed by atoms with E-state index in [0.717, 1.165) is 50.5 Å². The Morgan fingerprint density at radius 1 is 0.933 bits per heavy atom. The minimum atomic E-state index is -0.0814. The fourth-order valence-corrected chi connectivity index (χ4v) is 3.63. The zero-order chi connectivity index (χ0) is 20.8. The van der Waals surface area contributed by atoms with Crippen LogP contribution in [-0.2, 0) is 13.1 Å². The second kappa shape index (κ2) is 9.44. The van der Waals surface area contributed by atoms with Crippen molar-refractivity contribution >= 4 is 0 Å². The van der Waals surface area contributed by atoms with Crippen molar-refractivity contribution in [3.8, 4) is 17.3 Å². The lowest BCUT2D eigenvalue weighted by Crippen LogP contribution is -2.47. The molecule has 0 bridgehead atoms. The molecule has 0 amide bonds. The molecule has 1 aromatic carbocycles. The van der Waals surface area contributed by atoms with E-state index in [2.05, 4.69) is 26.0 Å². The number of nitrogens with zero attached hydrogens (tertiary/aromatic N) is 6. The fraction of sp³-hybridized carbons (Fsp3) is 0.304. The first-order chi connectivity index (χ1) is 14.7. The first-order valence-electron chi connectivity index (χ1n) is 10.1. The van der Waals surface area contributed by atoms with Crippen molar-refractivity contribution in [2.24, 2.45) is 0 Å². The summed E-state index contributed by atoms with van der Waals surface area (Å²) >= 11 is 0. The lowest BCUT2D eigenvalue weighted by molar-refractivity contribution is 0.122. The van der Waals surface area contributed by atoms with Gasteiger partial charge in [0.2, 0.25) is 0 Å². The van der Waals surface area contributed by atoms with Crippen molar-refractivity contribution in [2.45, 2.75) is 13.1 Å². The number of hydrogen-bond acceptors (Lipinski definition) is 6. The summed E-state index contributed by atoms with van der Waals surface area (Å²) in [5.74, 6) is 0. The molecule has 0 radical (unpaired) electrons. The number of rotatable bonds is 6. The highest BCUT2D eigenvalue weighted by Crippen LogP contribution is 2.13. The number of piperazine rings is 1. The van der Waals surface area contributed by atoms with E-state index in [0.29, 0.717) is 12.1 Å². The van der Waals surface area contributed by atoms with E-state index in [4.69, 9.17) is 5.26 Å². The molecule has 4 rings (SSSR count). The van der Waals surface area contributed by atoms with Crippen LogP contribution in [0.5, 0.6) is 0 Å². The second-order valence-electron chi connectivity index (χ2n) is 7.45. The van der Waals surface area contributed by atoms with Crippen LogP contribution in [0.2, 0.25) is 0 Å². The Bertz CT molecular complexity index is 1060. The normalized spacial score (nSPS) is 15.0. The van der Waals surface area contributed by atoms with E-state index in [9.17, 15) is 4.79 Å². The molecular weight excluding hydrogens is 376 g/mol. The largest absolute Gasteiger partial charge is 0.299 e. The topological polar surface area (TPSA) is 78.1 Å². The Morgan fingerprint density at radius 2 is 1.70 bits per heavy atom. The van der Waals surface area contributed by atoms with Gasteiger partial charge in [0.15, 0.2) is 0 Å². The molecule has 3 heterocycles. The Labute approximate surface area is 175 Å². The Morgan fingerprint density at radius 3 is 2.40 bits per heavy atom. The van der Waals surface area contributed by atoms with E-state index in [1.165, 1.54) is 5.56 Å². The van der Waals surface area contributed by atoms with E-state index in [1.807, 2.05) is 36.4 Å². The number of nitriles is 1. The molecule has 30 heavy (non-hydrogen) atoms. The van der Waals surface area contributed by atoms with Crippen LogP contribution < -0.4 is 5.56 Å². The number of hydrogen-bond donors (Lipinski definition) is 0. The first kappa shape index (κ1) is 20.0. The third-order valence-corrected chi connectivity index (χ3v) is 5.41. The lowest BCUT2D eigenvalue weighted by atomic mass is 10.1. The van der Waals surface area contributed by atoms with E-state index in [1.54, 1.807) is 29.2 Å². The van der Waals surface area contributed by atoms with Crippen molar-refractivity contribution in [1.29, 1.82) is 5.26 Å². The molecule has 0 aliphatic carbocycles. The van der Waals surface area contributed by atoms with Gasteiger partial charge < -0.3 is 0 Å². The molecule has 3 aromatic rings. The maximum atomic E-state index is 12.2. The zero-order valence-corrected chi connectivity index (χ0v) is 16.8. The summed E-state index contributed by atoms with van der Waals surface area (Å²) in [6.45, 7) is 6.17. The average molecular weight is 400 g/mol. The molecule has 1 fully saturated rings. The average Bonchev–Trinajstić information content (AvgIpc) is 2.80. The highest BCUT2D eigenvalue weighted by atomic mass is 16.1. The fourth-order valence-electron chi connectivity index (χ4n) is 3.63. The van der Waals surface area contributed by atoms with Gasteiger partial charge in [-0.25, -0.2) is 4.68 Å². The van der Waals surface area contributed by atoms with Crippen LogP contribution in [0.25, 0.3) is 11.3 Å². The molecule has 0 spiro atoms. The van der Waals surface area contributed by atoms with Crippen LogP contribution in [-0.4, -0.2) is 57.3 Å². The van der Waals surface area contributed by atoms with E-state index >= 15 is 0 Å². The van der Waals surface area contributed by atoms with E-state index < -0.39 is 0 Å². The minimum absolute atomic E-state index is 0.0814. The van der Waals surface area contributed by atoms with Crippen molar-refractivity contribution in [3.05, 3.63) is 82.4 Å². The number of benzene rings is 1. The van der Waals surface area contributed by atoms with Gasteiger partial charge in [-0.2, -0.15) is 10.4 Å². The molecule has 7 heteroatoms. The van der Waals surface area contributed by atoms with Crippen molar-refractivity contribution in [2.75, 3.05) is 32.7 Å². The summed E-state index contributed by atoms with van der Waals surface area (Å²) in [5.41, 5.74) is 3.50. The maximum Gasteiger partial charge on any atom is 0.266 e. The van der Waals surface area contributed by atoms with Crippen LogP contribution in [0.15, 0.2) is 65.7 Å². The number of pyridine rings is 1. The molecule has 0 unspecified atom stereocenters. The van der Waals surface area contributed by atoms with Gasteiger partial charge in [0.25, 0.3) is 5.56 Å². The molecule has 0 saturated carbocycles. The maximum absolute atomic E-state index is 12.2. The van der Waals surface area contributed by atoms with Crippen molar-refractivity contribution in [1.82, 2.24) is 24.6 Å². The molecule has 7 nitrogen and oxygen atoms in total. The lowest BCUT2D eigenvalue weighted by Gasteiger charge is -2.34. The number of aromatic nitrogens is 3. The Kier molecular flexibility index (Phi) is 6.28. The zero-order valence-electron chi connectivity index (χ0n) is 16.8. The smallest absolute Gasteiger partial charge is 0.266 e. The standard InChI is InChI=1S/C23H24N6O/c24-16-19-3-5-20(6-4-19)18-28-12-10-27(11-13-28)14-15-29-23(30)8-7-22(26-29)21-2-1-9-25-17-21/h1-9,17H,10-15,18H2. The van der Waals surface area contributed by atoms with Gasteiger partial charge in [-0.3, -0.25) is 19.6 Å². The predicted molar refractivity (Wildman–Crippen MR) is 115 cm³/mol. The van der Waals surface area contributed by atoms with Gasteiger partial charge in [-0.15, -0.1) is 0 Å². The van der Waals surface area contributed by atoms with Crippen LogP contribution >= 0.6 is 0 Å². The quantitative estimate of drug-likeness (QED) is 0.630. The summed E-state index contributed by atoms with van der Waals surface area (Å²) in [6.07, 6.45) is 3.48. The molecule has 1 aliphatic heterocycles. The second-order valence-corrected chi connectivity index (χ2v) is 7.45. The summed E-state index contributed by atoms with van der Waals surface area (Å²) in [5, 5.41) is 13.4. The Hall–Kier alpha value is -3.34. The van der Waals surface area contributed by atoms with Crippen LogP contribution in [0, 0.1) is 11.3 Å². The van der Waals surface area contributed by atoms with Gasteiger partial charge in [0.1, 0.15) is 0 Å². The molecule has 0 atom stereocenters. The highest BCUT2D eigenvalue weighted by Gasteiger charge is 2.17. The van der Waals surface area contributed by atoms with Crippen molar-refractivity contribution in [3.63, 3.8) is 0 Å². The molecular formula is C23H24N6O. The monoisotopic (exact) mass is 400 g/mol. The minimum Gasteiger partial charge on any atom is -0.299 e. The molecule has 152 valence electrons. The SMILES string of the molecule is N#Cc1ccc(CN2CCN(CCn3nc(-c4cccnc4)ccc3=O)CC2)cc1. The molecule has 1 saturated heterocycles. The predicted octanol–water partition coefficient (Wildman–Crippen LogP) is 1.99. The van der Waals surface area contributed by atoms with Gasteiger partial charge in [0, 0.05) is 63.3 Å². The molecule has 0 N–H and O–H groups in total. The van der Waals surface area contributed by atoms with E-state index in [-0.39, 0.29) is 5.56 Å². The first-order valence-corrected chi connectivity index (χ1v) is 10.1. The Balaban J connectivity index is 1.29. The van der Waals surface area contributed by atoms with Gasteiger partial charge in [-0.05, 0) is 35.9 Å². The van der Waals surface area contributed by atoms with Crippen LogP contribution in [0.3, 0.4) is 0 Å². The van der Waals surface area contributed by atoms with Crippen LogP contribution in [0.4, 0.5) is 0 Å². The van der Waals surface area contributed by atoms with Gasteiger partial charge in [0.05, 0.1) is 23.9 Å². The third kappa shape index (κ3) is 4.98. The summed E-state index contributed by atoms with van der Waals surface area (Å²) in [4.78, 5) is 21.1. The summed E-state index contributed by atoms with van der Waals surface area (Å²) < 4.78 is 1.55. The molecule has 1 aliphatic rings. The molecule has 2 aromatic heterocycles. The summed E-state index contributed by atoms with van der Waals surface area (Å²) in [6, 6.07) is 17.1.